The first-order valence-corrected chi connectivity index (χ1v) is 6.04. The van der Waals surface area contributed by atoms with E-state index in [1.54, 1.807) is 0 Å². The average Bonchev–Trinajstić information content (AvgIpc) is 2.48. The van der Waals surface area contributed by atoms with Gasteiger partial charge in [-0.2, -0.15) is 0 Å². The molecule has 9 nitrogen and oxygen atoms in total. The van der Waals surface area contributed by atoms with Crippen LogP contribution in [-0.4, -0.2) is 44.6 Å². The highest BCUT2D eigenvalue weighted by atomic mass is 16.5. The van der Waals surface area contributed by atoms with Gasteiger partial charge in [0, 0.05) is 18.1 Å². The van der Waals surface area contributed by atoms with Crippen molar-refractivity contribution < 1.29 is 44.0 Å². The monoisotopic (exact) mass is 320 g/mol. The summed E-state index contributed by atoms with van der Waals surface area (Å²) in [4.78, 5) is 56.2. The minimum Gasteiger partial charge on any atom is -0.504 e. The molecule has 0 radical (unpaired) electrons. The van der Waals surface area contributed by atoms with E-state index < -0.39 is 64.1 Å². The Hall–Kier alpha value is -3.49. The molecule has 1 aliphatic carbocycles. The highest BCUT2D eigenvalue weighted by Crippen LogP contribution is 2.37. The van der Waals surface area contributed by atoms with Gasteiger partial charge in [-0.1, -0.05) is 0 Å². The Bertz CT molecular complexity index is 801. The summed E-state index contributed by atoms with van der Waals surface area (Å²) in [5.74, 6) is -8.63. The molecule has 0 fully saturated rings. The number of hydrogen-bond donors (Lipinski definition) is 3. The number of benzene rings is 1. The molecular weight excluding hydrogens is 312 g/mol. The Balaban J connectivity index is 2.33. The average molecular weight is 320 g/mol. The minimum atomic E-state index is -1.45. The van der Waals surface area contributed by atoms with Crippen LogP contribution in [0, 0.1) is 0 Å². The number of carboxylic acid groups (broad SMARTS) is 1. The minimum absolute atomic E-state index is 0.431. The first-order chi connectivity index (χ1) is 10.7. The summed E-state index contributed by atoms with van der Waals surface area (Å²) < 4.78 is 4.69. The van der Waals surface area contributed by atoms with Gasteiger partial charge in [0.15, 0.2) is 11.5 Å². The third-order valence-electron chi connectivity index (χ3n) is 2.90. The molecular formula is C14H8O9. The highest BCUT2D eigenvalue weighted by Gasteiger charge is 2.31. The third-order valence-corrected chi connectivity index (χ3v) is 2.90. The van der Waals surface area contributed by atoms with Crippen molar-refractivity contribution in [3.8, 4) is 17.2 Å². The molecule has 0 spiro atoms. The molecule has 0 unspecified atom stereocenters. The topological polar surface area (TPSA) is 155 Å². The molecule has 1 aromatic carbocycles. The first kappa shape index (κ1) is 15.9. The number of aromatic hydroxyl groups is 2. The number of carbonyl (C=O) groups excluding carboxylic acids is 4. The number of allylic oxidation sites excluding steroid dienone is 1. The first-order valence-electron chi connectivity index (χ1n) is 6.04. The molecule has 0 heterocycles. The quantitative estimate of drug-likeness (QED) is 0.295. The Morgan fingerprint density at radius 3 is 2.30 bits per heavy atom. The van der Waals surface area contributed by atoms with Crippen LogP contribution >= 0.6 is 0 Å². The van der Waals surface area contributed by atoms with Crippen LogP contribution in [0.2, 0.25) is 0 Å². The summed E-state index contributed by atoms with van der Waals surface area (Å²) in [7, 11) is 0. The molecule has 23 heavy (non-hydrogen) atoms. The predicted octanol–water partition coefficient (Wildman–Crippen LogP) is -0.261. The lowest BCUT2D eigenvalue weighted by atomic mass is 9.96. The zero-order chi connectivity index (χ0) is 17.3. The van der Waals surface area contributed by atoms with E-state index in [4.69, 9.17) is 9.84 Å². The molecule has 3 N–H and O–H groups in total. The van der Waals surface area contributed by atoms with Gasteiger partial charge in [0.25, 0.3) is 5.78 Å². The molecule has 0 atom stereocenters. The van der Waals surface area contributed by atoms with E-state index in [0.29, 0.717) is 6.08 Å². The van der Waals surface area contributed by atoms with Gasteiger partial charge in [0.1, 0.15) is 0 Å². The maximum absolute atomic E-state index is 11.9. The fourth-order valence-electron chi connectivity index (χ4n) is 1.76. The van der Waals surface area contributed by atoms with Gasteiger partial charge >= 0.3 is 11.9 Å². The Morgan fingerprint density at radius 2 is 1.74 bits per heavy atom. The number of phenolic OH excluding ortho intramolecular Hbond substituents is 2. The van der Waals surface area contributed by atoms with Crippen molar-refractivity contribution in [2.45, 2.75) is 6.42 Å². The number of esters is 1. The molecule has 0 bridgehead atoms. The summed E-state index contributed by atoms with van der Waals surface area (Å²) in [5, 5.41) is 27.8. The van der Waals surface area contributed by atoms with Crippen LogP contribution in [0.3, 0.4) is 0 Å². The molecule has 1 aromatic rings. The van der Waals surface area contributed by atoms with Crippen LogP contribution in [-0.2, 0) is 19.2 Å². The van der Waals surface area contributed by atoms with Crippen molar-refractivity contribution in [3.05, 3.63) is 29.3 Å². The molecule has 0 aromatic heterocycles. The van der Waals surface area contributed by atoms with E-state index in [2.05, 4.69) is 0 Å². The summed E-state index contributed by atoms with van der Waals surface area (Å²) >= 11 is 0. The van der Waals surface area contributed by atoms with Crippen molar-refractivity contribution >= 4 is 29.3 Å². The number of rotatable bonds is 3. The van der Waals surface area contributed by atoms with E-state index >= 15 is 0 Å². The molecule has 0 saturated carbocycles. The second-order valence-electron chi connectivity index (χ2n) is 4.50. The lowest BCUT2D eigenvalue weighted by molar-refractivity contribution is -0.143. The molecule has 2 rings (SSSR count). The molecule has 0 amide bonds. The lowest BCUT2D eigenvalue weighted by Gasteiger charge is -2.12. The van der Waals surface area contributed by atoms with Crippen LogP contribution in [0.25, 0.3) is 0 Å². The smallest absolute Gasteiger partial charge is 0.340 e. The lowest BCUT2D eigenvalue weighted by Crippen LogP contribution is -2.30. The summed E-state index contributed by atoms with van der Waals surface area (Å²) in [6, 6.07) is 1.51. The van der Waals surface area contributed by atoms with Gasteiger partial charge in [0.05, 0.1) is 5.56 Å². The number of carbonyl (C=O) groups is 5. The van der Waals surface area contributed by atoms with E-state index in [-0.39, 0.29) is 0 Å². The molecule has 1 aliphatic rings. The Morgan fingerprint density at radius 1 is 1.09 bits per heavy atom. The predicted molar refractivity (Wildman–Crippen MR) is 70.1 cm³/mol. The standard InChI is InChI=1S/C14H8O9/c15-7-2-6(3-8(16)11(7)18)14(22)23-10-4-5(13(20)21)1-9(17)12(10)19/h1-2,4,17,19H,3H2,(H,20,21). The zero-order valence-corrected chi connectivity index (χ0v) is 11.2. The second kappa shape index (κ2) is 5.72. The molecule has 0 aliphatic heterocycles. The largest absolute Gasteiger partial charge is 0.504 e. The van der Waals surface area contributed by atoms with E-state index in [0.717, 1.165) is 12.1 Å². The number of Topliss-reactive ketones (excluding diaryl/α,β-unsaturated/α-hetero) is 2. The zero-order valence-electron chi connectivity index (χ0n) is 11.2. The maximum Gasteiger partial charge on any atom is 0.340 e. The van der Waals surface area contributed by atoms with Crippen molar-refractivity contribution in [2.24, 2.45) is 0 Å². The van der Waals surface area contributed by atoms with Crippen molar-refractivity contribution in [2.75, 3.05) is 0 Å². The molecule has 118 valence electrons. The van der Waals surface area contributed by atoms with E-state index in [9.17, 15) is 34.2 Å². The number of ketones is 3. The van der Waals surface area contributed by atoms with Crippen molar-refractivity contribution in [1.82, 2.24) is 0 Å². The molecule has 9 heteroatoms. The van der Waals surface area contributed by atoms with Gasteiger partial charge in [0.2, 0.25) is 17.3 Å². The fraction of sp³-hybridized carbons (Fsp3) is 0.0714. The van der Waals surface area contributed by atoms with E-state index in [1.165, 1.54) is 0 Å². The van der Waals surface area contributed by atoms with Gasteiger partial charge < -0.3 is 20.1 Å². The van der Waals surface area contributed by atoms with Crippen LogP contribution in [0.1, 0.15) is 16.8 Å². The number of aromatic carboxylic acids is 1. The van der Waals surface area contributed by atoms with Gasteiger partial charge in [-0.15, -0.1) is 0 Å². The fourth-order valence-corrected chi connectivity index (χ4v) is 1.76. The highest BCUT2D eigenvalue weighted by molar-refractivity contribution is 6.67. The molecule has 0 saturated heterocycles. The van der Waals surface area contributed by atoms with E-state index in [1.807, 2.05) is 0 Å². The summed E-state index contributed by atoms with van der Waals surface area (Å²) in [6.07, 6.45) is -0.0290. The van der Waals surface area contributed by atoms with Crippen LogP contribution in [0.15, 0.2) is 23.8 Å². The van der Waals surface area contributed by atoms with Gasteiger partial charge in [-0.25, -0.2) is 9.59 Å². The number of carboxylic acids is 1. The van der Waals surface area contributed by atoms with Crippen molar-refractivity contribution in [3.63, 3.8) is 0 Å². The van der Waals surface area contributed by atoms with Crippen LogP contribution in [0.5, 0.6) is 17.2 Å². The Labute approximate surface area is 127 Å². The van der Waals surface area contributed by atoms with Crippen LogP contribution in [0.4, 0.5) is 0 Å². The maximum atomic E-state index is 11.9. The normalized spacial score (nSPS) is 14.4. The summed E-state index contributed by atoms with van der Waals surface area (Å²) in [6.45, 7) is 0. The summed E-state index contributed by atoms with van der Waals surface area (Å²) in [5.41, 5.74) is -0.901. The number of phenols is 2. The van der Waals surface area contributed by atoms with Crippen LogP contribution < -0.4 is 4.74 Å². The second-order valence-corrected chi connectivity index (χ2v) is 4.50. The van der Waals surface area contributed by atoms with Crippen molar-refractivity contribution in [1.29, 1.82) is 0 Å². The third kappa shape index (κ3) is 3.07. The van der Waals surface area contributed by atoms with Gasteiger partial charge in [-0.3, -0.25) is 14.4 Å². The number of ether oxygens (including phenoxy) is 1. The SMILES string of the molecule is O=C1C=C(C(=O)Oc2cc(C(=O)O)cc(O)c2O)CC(=O)C1=O. The number of hydrogen-bond acceptors (Lipinski definition) is 8. The Kier molecular flexibility index (Phi) is 3.95. The van der Waals surface area contributed by atoms with Gasteiger partial charge in [-0.05, 0) is 12.1 Å².